The number of aliphatic hydroxyl groups excluding tert-OH is 1. The molecule has 1 saturated heterocycles. The second kappa shape index (κ2) is 12.3. The van der Waals surface area contributed by atoms with Crippen LogP contribution >= 0.6 is 24.0 Å². The predicted octanol–water partition coefficient (Wildman–Crippen LogP) is 1.43. The zero-order valence-corrected chi connectivity index (χ0v) is 17.5. The summed E-state index contributed by atoms with van der Waals surface area (Å²) in [6.45, 7) is 9.86. The Balaban J connectivity index is 0.00000288. The Morgan fingerprint density at radius 2 is 2.08 bits per heavy atom. The minimum absolute atomic E-state index is 0. The Labute approximate surface area is 163 Å². The van der Waals surface area contributed by atoms with E-state index in [9.17, 15) is 5.11 Å². The van der Waals surface area contributed by atoms with Crippen molar-refractivity contribution in [2.24, 2.45) is 10.9 Å². The summed E-state index contributed by atoms with van der Waals surface area (Å²) in [5.41, 5.74) is 0. The van der Waals surface area contributed by atoms with Crippen LogP contribution in [0.1, 0.15) is 39.5 Å². The van der Waals surface area contributed by atoms with Crippen LogP contribution in [0.5, 0.6) is 0 Å². The first-order valence-electron chi connectivity index (χ1n) is 9.25. The SMILES string of the molecule is CCNC(=NCC(O)COCC1CC1)NCC1CCCN1CC.I. The summed E-state index contributed by atoms with van der Waals surface area (Å²) in [6.07, 6.45) is 4.56. The molecule has 1 saturated carbocycles. The Kier molecular flexibility index (Phi) is 11.2. The van der Waals surface area contributed by atoms with Crippen LogP contribution in [0.4, 0.5) is 0 Å². The molecule has 6 nitrogen and oxygen atoms in total. The van der Waals surface area contributed by atoms with E-state index < -0.39 is 6.10 Å². The molecule has 24 heavy (non-hydrogen) atoms. The number of ether oxygens (including phenoxy) is 1. The topological polar surface area (TPSA) is 69.1 Å². The number of rotatable bonds is 10. The van der Waals surface area contributed by atoms with Crippen LogP contribution < -0.4 is 10.6 Å². The molecular formula is C17H35IN4O2. The van der Waals surface area contributed by atoms with Gasteiger partial charge in [-0.25, -0.2) is 0 Å². The average Bonchev–Trinajstić information content (AvgIpc) is 3.26. The molecular weight excluding hydrogens is 419 g/mol. The molecule has 0 aromatic heterocycles. The third-order valence-electron chi connectivity index (χ3n) is 4.58. The maximum atomic E-state index is 9.96. The smallest absolute Gasteiger partial charge is 0.191 e. The Morgan fingerprint density at radius 3 is 2.75 bits per heavy atom. The number of nitrogens with one attached hydrogen (secondary N) is 2. The number of halogens is 1. The lowest BCUT2D eigenvalue weighted by Gasteiger charge is -2.24. The van der Waals surface area contributed by atoms with Gasteiger partial charge in [-0.15, -0.1) is 24.0 Å². The molecule has 0 amide bonds. The molecule has 3 N–H and O–H groups in total. The fourth-order valence-corrected chi connectivity index (χ4v) is 3.00. The summed E-state index contributed by atoms with van der Waals surface area (Å²) >= 11 is 0. The standard InChI is InChI=1S/C17H34N4O2.HI/c1-3-18-17(19-10-15-6-5-9-21(15)4-2)20-11-16(22)13-23-12-14-7-8-14;/h14-16,22H,3-13H2,1-2H3,(H2,18,19,20);1H. The number of guanidine groups is 1. The van der Waals surface area contributed by atoms with Gasteiger partial charge in [0, 0.05) is 25.7 Å². The summed E-state index contributed by atoms with van der Waals surface area (Å²) in [7, 11) is 0. The quantitative estimate of drug-likeness (QED) is 0.265. The molecule has 0 aromatic rings. The van der Waals surface area contributed by atoms with E-state index in [1.54, 1.807) is 0 Å². The molecule has 2 atom stereocenters. The van der Waals surface area contributed by atoms with Crippen molar-refractivity contribution in [1.29, 1.82) is 0 Å². The molecule has 142 valence electrons. The number of likely N-dealkylation sites (N-methyl/N-ethyl adjacent to an activating group) is 1. The molecule has 0 bridgehead atoms. The van der Waals surface area contributed by atoms with E-state index in [0.29, 0.717) is 19.2 Å². The minimum Gasteiger partial charge on any atom is -0.389 e. The van der Waals surface area contributed by atoms with Crippen molar-refractivity contribution in [1.82, 2.24) is 15.5 Å². The number of hydrogen-bond acceptors (Lipinski definition) is 4. The van der Waals surface area contributed by atoms with Crippen molar-refractivity contribution in [3.8, 4) is 0 Å². The third-order valence-corrected chi connectivity index (χ3v) is 4.58. The van der Waals surface area contributed by atoms with Gasteiger partial charge in [0.05, 0.1) is 19.3 Å². The normalized spacial score (nSPS) is 23.0. The van der Waals surface area contributed by atoms with Crippen LogP contribution in [0.3, 0.4) is 0 Å². The van der Waals surface area contributed by atoms with E-state index in [2.05, 4.69) is 34.4 Å². The van der Waals surface area contributed by atoms with Gasteiger partial charge in [0.1, 0.15) is 0 Å². The summed E-state index contributed by atoms with van der Waals surface area (Å²) in [4.78, 5) is 7.00. The fourth-order valence-electron chi connectivity index (χ4n) is 3.00. The summed E-state index contributed by atoms with van der Waals surface area (Å²) in [5, 5.41) is 16.6. The lowest BCUT2D eigenvalue weighted by molar-refractivity contribution is 0.0368. The molecule has 2 aliphatic rings. The monoisotopic (exact) mass is 454 g/mol. The van der Waals surface area contributed by atoms with Crippen molar-refractivity contribution >= 4 is 29.9 Å². The maximum absolute atomic E-state index is 9.96. The first-order valence-corrected chi connectivity index (χ1v) is 9.25. The number of aliphatic hydroxyl groups is 1. The molecule has 2 rings (SSSR count). The van der Waals surface area contributed by atoms with E-state index in [4.69, 9.17) is 4.74 Å². The van der Waals surface area contributed by atoms with Gasteiger partial charge in [0.15, 0.2) is 5.96 Å². The van der Waals surface area contributed by atoms with Crippen molar-refractivity contribution in [3.63, 3.8) is 0 Å². The van der Waals surface area contributed by atoms with Crippen LogP contribution in [0.2, 0.25) is 0 Å². The van der Waals surface area contributed by atoms with Gasteiger partial charge >= 0.3 is 0 Å². The van der Waals surface area contributed by atoms with E-state index >= 15 is 0 Å². The largest absolute Gasteiger partial charge is 0.389 e. The van der Waals surface area contributed by atoms with Crippen molar-refractivity contribution in [2.75, 3.05) is 45.9 Å². The van der Waals surface area contributed by atoms with Crippen LogP contribution in [-0.2, 0) is 4.74 Å². The highest BCUT2D eigenvalue weighted by Crippen LogP contribution is 2.28. The fraction of sp³-hybridized carbons (Fsp3) is 0.941. The zero-order valence-electron chi connectivity index (χ0n) is 15.2. The second-order valence-electron chi connectivity index (χ2n) is 6.66. The minimum atomic E-state index is -0.525. The number of nitrogens with zero attached hydrogens (tertiary/aromatic N) is 2. The zero-order chi connectivity index (χ0) is 16.5. The first kappa shape index (κ1) is 21.9. The highest BCUT2D eigenvalue weighted by Gasteiger charge is 2.23. The Hall–Kier alpha value is -0.120. The van der Waals surface area contributed by atoms with Gasteiger partial charge in [-0.3, -0.25) is 9.89 Å². The average molecular weight is 454 g/mol. The lowest BCUT2D eigenvalue weighted by Crippen LogP contribution is -2.45. The van der Waals surface area contributed by atoms with E-state index in [0.717, 1.165) is 38.1 Å². The Bertz CT molecular complexity index is 366. The van der Waals surface area contributed by atoms with E-state index in [-0.39, 0.29) is 24.0 Å². The van der Waals surface area contributed by atoms with Gasteiger partial charge in [0.25, 0.3) is 0 Å². The Morgan fingerprint density at radius 1 is 1.29 bits per heavy atom. The highest BCUT2D eigenvalue weighted by atomic mass is 127. The van der Waals surface area contributed by atoms with Crippen molar-refractivity contribution < 1.29 is 9.84 Å². The summed E-state index contributed by atoms with van der Waals surface area (Å²) in [5.74, 6) is 1.52. The summed E-state index contributed by atoms with van der Waals surface area (Å²) < 4.78 is 5.51. The lowest BCUT2D eigenvalue weighted by atomic mass is 10.2. The molecule has 1 aliphatic heterocycles. The third kappa shape index (κ3) is 8.31. The van der Waals surface area contributed by atoms with Gasteiger partial charge < -0.3 is 20.5 Å². The second-order valence-corrected chi connectivity index (χ2v) is 6.66. The predicted molar refractivity (Wildman–Crippen MR) is 109 cm³/mol. The molecule has 7 heteroatoms. The molecule has 1 aliphatic carbocycles. The van der Waals surface area contributed by atoms with Gasteiger partial charge in [0.2, 0.25) is 0 Å². The number of aliphatic imine (C=N–C) groups is 1. The van der Waals surface area contributed by atoms with Crippen LogP contribution in [-0.4, -0.2) is 74.0 Å². The van der Waals surface area contributed by atoms with Gasteiger partial charge in [-0.1, -0.05) is 6.92 Å². The van der Waals surface area contributed by atoms with Crippen LogP contribution in [0.25, 0.3) is 0 Å². The molecule has 2 fully saturated rings. The van der Waals surface area contributed by atoms with Gasteiger partial charge in [-0.05, 0) is 51.6 Å². The van der Waals surface area contributed by atoms with Crippen LogP contribution in [0, 0.1) is 5.92 Å². The molecule has 0 spiro atoms. The van der Waals surface area contributed by atoms with E-state index in [1.807, 2.05) is 0 Å². The highest BCUT2D eigenvalue weighted by molar-refractivity contribution is 14.0. The van der Waals surface area contributed by atoms with Crippen LogP contribution in [0.15, 0.2) is 4.99 Å². The molecule has 0 radical (unpaired) electrons. The molecule has 1 heterocycles. The van der Waals surface area contributed by atoms with Crippen molar-refractivity contribution in [3.05, 3.63) is 0 Å². The first-order chi connectivity index (χ1) is 11.2. The van der Waals surface area contributed by atoms with Gasteiger partial charge in [-0.2, -0.15) is 0 Å². The summed E-state index contributed by atoms with van der Waals surface area (Å²) in [6, 6.07) is 0.593. The van der Waals surface area contributed by atoms with E-state index in [1.165, 1.54) is 32.2 Å². The number of likely N-dealkylation sites (tertiary alicyclic amines) is 1. The molecule has 0 aromatic carbocycles. The molecule has 2 unspecified atom stereocenters. The number of hydrogen-bond donors (Lipinski definition) is 3. The van der Waals surface area contributed by atoms with Crippen molar-refractivity contribution in [2.45, 2.75) is 51.7 Å². The maximum Gasteiger partial charge on any atom is 0.191 e.